The molecule has 4 aromatic rings. The van der Waals surface area contributed by atoms with Crippen molar-refractivity contribution >= 4 is 34.4 Å². The van der Waals surface area contributed by atoms with Crippen molar-refractivity contribution in [1.82, 2.24) is 14.5 Å². The summed E-state index contributed by atoms with van der Waals surface area (Å²) in [7, 11) is 0. The number of fused-ring (bicyclic) bond motifs is 1. The van der Waals surface area contributed by atoms with Gasteiger partial charge in [0.25, 0.3) is 0 Å². The van der Waals surface area contributed by atoms with Crippen molar-refractivity contribution in [1.29, 1.82) is 0 Å². The molecule has 0 saturated carbocycles. The number of amides is 2. The van der Waals surface area contributed by atoms with Gasteiger partial charge in [-0.2, -0.15) is 0 Å². The molecule has 0 radical (unpaired) electrons. The number of rotatable bonds is 6. The number of halogens is 1. The van der Waals surface area contributed by atoms with E-state index in [2.05, 4.69) is 16.0 Å². The lowest BCUT2D eigenvalue weighted by Crippen LogP contribution is -2.41. The summed E-state index contributed by atoms with van der Waals surface area (Å²) in [5.74, 6) is 2.22. The molecule has 0 atom stereocenters. The zero-order valence-corrected chi connectivity index (χ0v) is 19.6. The van der Waals surface area contributed by atoms with Gasteiger partial charge in [0.2, 0.25) is 0 Å². The normalized spacial score (nSPS) is 14.3. The number of benzene rings is 3. The number of aromatic nitrogens is 2. The minimum absolute atomic E-state index is 0.0780. The van der Waals surface area contributed by atoms with E-state index >= 15 is 0 Å². The summed E-state index contributed by atoms with van der Waals surface area (Å²) in [5, 5.41) is 3.56. The first-order chi connectivity index (χ1) is 16.7. The molecule has 1 fully saturated rings. The lowest BCUT2D eigenvalue weighted by molar-refractivity contribution is 0.176. The summed E-state index contributed by atoms with van der Waals surface area (Å²) in [6.45, 7) is 2.72. The van der Waals surface area contributed by atoms with Gasteiger partial charge < -0.3 is 19.5 Å². The monoisotopic (exact) mass is 474 g/mol. The minimum atomic E-state index is -0.0780. The second kappa shape index (κ2) is 10.2. The highest BCUT2D eigenvalue weighted by Gasteiger charge is 2.24. The zero-order chi connectivity index (χ0) is 23.3. The molecular weight excluding hydrogens is 448 g/mol. The summed E-state index contributed by atoms with van der Waals surface area (Å²) in [4.78, 5) is 19.4. The fourth-order valence-electron chi connectivity index (χ4n) is 4.45. The molecule has 34 heavy (non-hydrogen) atoms. The average Bonchev–Trinajstić information content (AvgIpc) is 3.21. The number of ether oxygens (including phenoxy) is 1. The number of nitrogens with zero attached hydrogens (tertiary/aromatic N) is 3. The number of hydrogen-bond acceptors (Lipinski definition) is 3. The number of anilines is 1. The van der Waals surface area contributed by atoms with Gasteiger partial charge in [-0.3, -0.25) is 0 Å². The topological polar surface area (TPSA) is 59.4 Å². The van der Waals surface area contributed by atoms with E-state index in [0.717, 1.165) is 55.1 Å². The highest BCUT2D eigenvalue weighted by atomic mass is 35.5. The van der Waals surface area contributed by atoms with Gasteiger partial charge in [-0.25, -0.2) is 9.78 Å². The fraction of sp³-hybridized carbons (Fsp3) is 0.259. The van der Waals surface area contributed by atoms with Crippen molar-refractivity contribution in [3.8, 4) is 5.75 Å². The Hall–Kier alpha value is -3.51. The van der Waals surface area contributed by atoms with E-state index in [0.29, 0.717) is 23.2 Å². The molecule has 0 unspecified atom stereocenters. The molecular formula is C27H27ClN4O2. The van der Waals surface area contributed by atoms with Crippen LogP contribution in [0.4, 0.5) is 10.5 Å². The van der Waals surface area contributed by atoms with Crippen LogP contribution in [0.1, 0.15) is 18.7 Å². The molecule has 0 aliphatic carbocycles. The molecule has 1 saturated heterocycles. The summed E-state index contributed by atoms with van der Waals surface area (Å²) in [6, 6.07) is 25.2. The highest BCUT2D eigenvalue weighted by molar-refractivity contribution is 6.30. The van der Waals surface area contributed by atoms with Gasteiger partial charge in [-0.15, -0.1) is 0 Å². The van der Waals surface area contributed by atoms with Crippen LogP contribution in [0.15, 0.2) is 78.9 Å². The Morgan fingerprint density at radius 2 is 1.76 bits per heavy atom. The molecule has 2 amide bonds. The molecule has 2 heterocycles. The lowest BCUT2D eigenvalue weighted by Gasteiger charge is -2.32. The van der Waals surface area contributed by atoms with Crippen LogP contribution in [0.3, 0.4) is 0 Å². The Morgan fingerprint density at radius 3 is 2.56 bits per heavy atom. The molecule has 6 nitrogen and oxygen atoms in total. The predicted molar refractivity (Wildman–Crippen MR) is 135 cm³/mol. The number of carbonyl (C=O) groups excluding carboxylic acids is 1. The number of likely N-dealkylation sites (tertiary alicyclic amines) is 1. The van der Waals surface area contributed by atoms with Crippen molar-refractivity contribution in [2.24, 2.45) is 5.92 Å². The summed E-state index contributed by atoms with van der Waals surface area (Å²) < 4.78 is 8.29. The van der Waals surface area contributed by atoms with Gasteiger partial charge in [0.05, 0.1) is 11.0 Å². The Bertz CT molecular complexity index is 1270. The largest absolute Gasteiger partial charge is 0.486 e. The third-order valence-corrected chi connectivity index (χ3v) is 6.50. The number of para-hydroxylation sites is 3. The fourth-order valence-corrected chi connectivity index (χ4v) is 4.64. The molecule has 1 aliphatic rings. The zero-order valence-electron chi connectivity index (χ0n) is 18.9. The number of nitrogens with one attached hydrogen (secondary N) is 1. The molecule has 1 aliphatic heterocycles. The molecule has 1 aromatic heterocycles. The number of urea groups is 1. The average molecular weight is 475 g/mol. The summed E-state index contributed by atoms with van der Waals surface area (Å²) in [5.41, 5.74) is 2.82. The lowest BCUT2D eigenvalue weighted by atomic mass is 9.96. The first-order valence-corrected chi connectivity index (χ1v) is 12.0. The van der Waals surface area contributed by atoms with E-state index in [1.54, 1.807) is 12.1 Å². The second-order valence-corrected chi connectivity index (χ2v) is 9.04. The van der Waals surface area contributed by atoms with Crippen LogP contribution < -0.4 is 10.1 Å². The molecule has 7 heteroatoms. The third kappa shape index (κ3) is 5.18. The van der Waals surface area contributed by atoms with Gasteiger partial charge in [0.15, 0.2) is 0 Å². The van der Waals surface area contributed by atoms with Crippen molar-refractivity contribution in [3.63, 3.8) is 0 Å². The predicted octanol–water partition coefficient (Wildman–Crippen LogP) is 6.21. The smallest absolute Gasteiger partial charge is 0.321 e. The molecule has 0 bridgehead atoms. The van der Waals surface area contributed by atoms with Crippen molar-refractivity contribution in [2.45, 2.75) is 26.0 Å². The van der Waals surface area contributed by atoms with Gasteiger partial charge in [-0.05, 0) is 61.2 Å². The van der Waals surface area contributed by atoms with Crippen LogP contribution in [0.2, 0.25) is 5.02 Å². The molecule has 0 spiro atoms. The van der Waals surface area contributed by atoms with Crippen LogP contribution >= 0.6 is 11.6 Å². The van der Waals surface area contributed by atoms with E-state index in [1.165, 1.54) is 0 Å². The van der Waals surface area contributed by atoms with Crippen LogP contribution in [0, 0.1) is 5.92 Å². The maximum atomic E-state index is 12.7. The molecule has 3 aromatic carbocycles. The number of carbonyl (C=O) groups is 1. The Kier molecular flexibility index (Phi) is 6.67. The molecule has 174 valence electrons. The SMILES string of the molecule is O=C(Nc1cccc(Cl)c1)N1CCC(Cn2c(COc3ccccc3)nc3ccccc32)CC1. The number of imidazole rings is 1. The van der Waals surface area contributed by atoms with E-state index in [-0.39, 0.29) is 6.03 Å². The van der Waals surface area contributed by atoms with E-state index in [4.69, 9.17) is 21.3 Å². The van der Waals surface area contributed by atoms with E-state index in [9.17, 15) is 4.79 Å². The van der Waals surface area contributed by atoms with Crippen LogP contribution in [-0.2, 0) is 13.2 Å². The van der Waals surface area contributed by atoms with Crippen molar-refractivity contribution < 1.29 is 9.53 Å². The number of hydrogen-bond donors (Lipinski definition) is 1. The Morgan fingerprint density at radius 1 is 1.00 bits per heavy atom. The van der Waals surface area contributed by atoms with Gasteiger partial charge in [0.1, 0.15) is 18.2 Å². The van der Waals surface area contributed by atoms with E-state index in [1.807, 2.05) is 65.6 Å². The standard InChI is InChI=1S/C27H27ClN4O2/c28-21-7-6-8-22(17-21)29-27(33)31-15-13-20(14-16-31)18-32-25-12-5-4-11-24(25)30-26(32)19-34-23-9-2-1-3-10-23/h1-12,17,20H,13-16,18-19H2,(H,29,33). The Labute approximate surface area is 204 Å². The maximum Gasteiger partial charge on any atom is 0.321 e. The van der Waals surface area contributed by atoms with Crippen LogP contribution in [0.25, 0.3) is 11.0 Å². The second-order valence-electron chi connectivity index (χ2n) is 8.60. The molecule has 5 rings (SSSR count). The maximum absolute atomic E-state index is 12.7. The summed E-state index contributed by atoms with van der Waals surface area (Å²) >= 11 is 6.03. The summed E-state index contributed by atoms with van der Waals surface area (Å²) in [6.07, 6.45) is 1.88. The van der Waals surface area contributed by atoms with Crippen molar-refractivity contribution in [3.05, 3.63) is 89.7 Å². The van der Waals surface area contributed by atoms with Crippen LogP contribution in [-0.4, -0.2) is 33.6 Å². The van der Waals surface area contributed by atoms with Gasteiger partial charge in [-0.1, -0.05) is 48.0 Å². The Balaban J connectivity index is 1.23. The minimum Gasteiger partial charge on any atom is -0.486 e. The first-order valence-electron chi connectivity index (χ1n) is 11.6. The quantitative estimate of drug-likeness (QED) is 0.361. The molecule has 1 N–H and O–H groups in total. The van der Waals surface area contributed by atoms with Gasteiger partial charge in [0, 0.05) is 30.3 Å². The highest BCUT2D eigenvalue weighted by Crippen LogP contribution is 2.25. The third-order valence-electron chi connectivity index (χ3n) is 6.26. The van der Waals surface area contributed by atoms with Gasteiger partial charge >= 0.3 is 6.03 Å². The first kappa shape index (κ1) is 22.3. The van der Waals surface area contributed by atoms with Crippen LogP contribution in [0.5, 0.6) is 5.75 Å². The van der Waals surface area contributed by atoms with Crippen molar-refractivity contribution in [2.75, 3.05) is 18.4 Å². The number of piperidine rings is 1. The van der Waals surface area contributed by atoms with E-state index < -0.39 is 0 Å².